The van der Waals surface area contributed by atoms with Crippen LogP contribution in [0.2, 0.25) is 5.02 Å². The maximum Gasteiger partial charge on any atom is 0.337 e. The minimum absolute atomic E-state index is 0.0334. The Hall–Kier alpha value is -3.23. The summed E-state index contributed by atoms with van der Waals surface area (Å²) in [7, 11) is 0. The Labute approximate surface area is 236 Å². The number of alkyl halides is 1. The number of halogens is 3. The Morgan fingerprint density at radius 1 is 1.18 bits per heavy atom. The van der Waals surface area contributed by atoms with E-state index in [0.29, 0.717) is 24.8 Å². The van der Waals surface area contributed by atoms with Crippen LogP contribution in [0.5, 0.6) is 0 Å². The number of aryl methyl sites for hydroxylation is 1. The molecule has 5 rings (SSSR count). The van der Waals surface area contributed by atoms with E-state index in [0.717, 1.165) is 23.9 Å². The maximum absolute atomic E-state index is 15.8. The van der Waals surface area contributed by atoms with Crippen LogP contribution in [-0.4, -0.2) is 40.3 Å². The van der Waals surface area contributed by atoms with Crippen LogP contribution in [0, 0.1) is 11.7 Å². The van der Waals surface area contributed by atoms with Crippen molar-refractivity contribution < 1.29 is 28.2 Å². The molecule has 3 N–H and O–H groups in total. The van der Waals surface area contributed by atoms with E-state index in [1.807, 2.05) is 29.7 Å². The van der Waals surface area contributed by atoms with Gasteiger partial charge in [-0.2, -0.15) is 0 Å². The molecular formula is C31H33ClF2N2O4. The van der Waals surface area contributed by atoms with Crippen molar-refractivity contribution in [3.05, 3.63) is 75.7 Å². The van der Waals surface area contributed by atoms with Gasteiger partial charge in [0.2, 0.25) is 0 Å². The molecule has 3 aromatic rings. The highest BCUT2D eigenvalue weighted by Crippen LogP contribution is 2.42. The third kappa shape index (κ3) is 5.65. The lowest BCUT2D eigenvalue weighted by atomic mass is 9.77. The average molecular weight is 571 g/mol. The summed E-state index contributed by atoms with van der Waals surface area (Å²) in [5, 5.41) is 10.3. The number of carboxylic acids is 1. The van der Waals surface area contributed by atoms with Crippen molar-refractivity contribution in [2.75, 3.05) is 13.2 Å². The molecular weight excluding hydrogens is 538 g/mol. The fourth-order valence-corrected chi connectivity index (χ4v) is 5.99. The number of rotatable bonds is 10. The summed E-state index contributed by atoms with van der Waals surface area (Å²) in [4.78, 5) is 24.6. The topological polar surface area (TPSA) is 94.5 Å². The van der Waals surface area contributed by atoms with Gasteiger partial charge >= 0.3 is 5.97 Å². The summed E-state index contributed by atoms with van der Waals surface area (Å²) in [5.74, 6) is -1.81. The summed E-state index contributed by atoms with van der Waals surface area (Å²) in [6.07, 6.45) is 4.93. The van der Waals surface area contributed by atoms with Crippen LogP contribution in [0.25, 0.3) is 16.6 Å². The van der Waals surface area contributed by atoms with E-state index >= 15 is 4.39 Å². The highest BCUT2D eigenvalue weighted by molar-refractivity contribution is 6.32. The molecule has 2 aliphatic carbocycles. The Kier molecular flexibility index (Phi) is 8.02. The van der Waals surface area contributed by atoms with E-state index in [2.05, 4.69) is 0 Å². The summed E-state index contributed by atoms with van der Waals surface area (Å²) < 4.78 is 38.0. The summed E-state index contributed by atoms with van der Waals surface area (Å²) in [6.45, 7) is 2.21. The zero-order chi connectivity index (χ0) is 28.6. The molecule has 212 valence electrons. The molecule has 0 unspecified atom stereocenters. The lowest BCUT2D eigenvalue weighted by Crippen LogP contribution is -2.34. The molecule has 40 heavy (non-hydrogen) atoms. The van der Waals surface area contributed by atoms with E-state index in [4.69, 9.17) is 22.1 Å². The second-order valence-corrected chi connectivity index (χ2v) is 11.4. The molecule has 0 bridgehead atoms. The highest BCUT2D eigenvalue weighted by atomic mass is 35.5. The first kappa shape index (κ1) is 28.3. The molecule has 2 fully saturated rings. The van der Waals surface area contributed by atoms with E-state index in [9.17, 15) is 19.1 Å². The Morgan fingerprint density at radius 3 is 2.52 bits per heavy atom. The van der Waals surface area contributed by atoms with E-state index in [1.54, 1.807) is 6.20 Å². The van der Waals surface area contributed by atoms with Crippen LogP contribution in [0.3, 0.4) is 0 Å². The first-order valence-electron chi connectivity index (χ1n) is 13.7. The minimum atomic E-state index is -1.56. The number of nitrogens with zero attached hydrogens (tertiary/aromatic N) is 1. The molecule has 9 heteroatoms. The number of hydrogen-bond acceptors (Lipinski definition) is 4. The van der Waals surface area contributed by atoms with Gasteiger partial charge < -0.3 is 20.1 Å². The molecule has 0 amide bonds. The number of ether oxygens (including phenoxy) is 1. The molecule has 2 aromatic carbocycles. The first-order chi connectivity index (χ1) is 19.1. The monoisotopic (exact) mass is 570 g/mol. The summed E-state index contributed by atoms with van der Waals surface area (Å²) >= 11 is 6.18. The van der Waals surface area contributed by atoms with Crippen LogP contribution in [-0.2, 0) is 16.1 Å². The number of fused-ring (bicyclic) bond motifs is 1. The van der Waals surface area contributed by atoms with Crippen LogP contribution in [0.4, 0.5) is 8.78 Å². The van der Waals surface area contributed by atoms with Crippen LogP contribution < -0.4 is 5.73 Å². The maximum atomic E-state index is 15.8. The molecule has 0 atom stereocenters. The number of carbonyl (C=O) groups is 2. The Balaban J connectivity index is 1.26. The number of aromatic nitrogens is 1. The van der Waals surface area contributed by atoms with Gasteiger partial charge in [0.1, 0.15) is 11.5 Å². The molecule has 0 spiro atoms. The lowest BCUT2D eigenvalue weighted by Gasteiger charge is -2.34. The number of aromatic carboxylic acids is 1. The smallest absolute Gasteiger partial charge is 0.337 e. The summed E-state index contributed by atoms with van der Waals surface area (Å²) in [6, 6.07) is 10.0. The van der Waals surface area contributed by atoms with E-state index < -0.39 is 17.5 Å². The number of nitrogens with two attached hydrogens (primary N) is 1. The van der Waals surface area contributed by atoms with Gasteiger partial charge in [0.25, 0.3) is 0 Å². The SMILES string of the molecule is CCn1cc(C(=O)O)c2ccc(C3CCC(F)(COCC(C(=O)C4CC4)=C(N)c4c(F)cccc4Cl)CC3)cc21. The zero-order valence-electron chi connectivity index (χ0n) is 22.4. The average Bonchev–Trinajstić information content (AvgIpc) is 3.71. The van der Waals surface area contributed by atoms with Crippen molar-refractivity contribution in [2.45, 2.75) is 63.6 Å². The van der Waals surface area contributed by atoms with Crippen molar-refractivity contribution in [3.8, 4) is 0 Å². The first-order valence-corrected chi connectivity index (χ1v) is 14.1. The standard InChI is InChI=1S/C31H33ClF2N2O4/c1-2-36-15-22(30(38)39)21-9-8-20(14-26(21)36)18-10-12-31(34,13-11-18)17-40-16-23(29(37)19-6-7-19)28(35)27-24(32)4-3-5-25(27)33/h3-5,8-9,14-15,18-19H,2,6-7,10-13,16-17,35H2,1H3,(H,38,39). The Morgan fingerprint density at radius 2 is 1.90 bits per heavy atom. The van der Waals surface area contributed by atoms with E-state index in [1.165, 1.54) is 18.2 Å². The van der Waals surface area contributed by atoms with Crippen LogP contribution in [0.15, 0.2) is 48.2 Å². The molecule has 2 aliphatic rings. The Bertz CT molecular complexity index is 1470. The van der Waals surface area contributed by atoms with E-state index in [-0.39, 0.29) is 71.1 Å². The molecule has 1 heterocycles. The number of hydrogen-bond donors (Lipinski definition) is 2. The quantitative estimate of drug-likeness (QED) is 0.259. The fraction of sp³-hybridized carbons (Fsp3) is 0.419. The van der Waals surface area contributed by atoms with Gasteiger partial charge in [-0.25, -0.2) is 13.6 Å². The van der Waals surface area contributed by atoms with Crippen molar-refractivity contribution in [1.29, 1.82) is 0 Å². The van der Waals surface area contributed by atoms with Crippen molar-refractivity contribution in [2.24, 2.45) is 11.7 Å². The fourth-order valence-electron chi connectivity index (χ4n) is 5.72. The summed E-state index contributed by atoms with van der Waals surface area (Å²) in [5.41, 5.74) is 6.94. The van der Waals surface area contributed by atoms with Gasteiger partial charge in [-0.15, -0.1) is 0 Å². The van der Waals surface area contributed by atoms with Crippen LogP contribution in [0.1, 0.15) is 72.9 Å². The second kappa shape index (κ2) is 11.3. The van der Waals surface area contributed by atoms with Crippen molar-refractivity contribution >= 4 is 40.0 Å². The van der Waals surface area contributed by atoms with Gasteiger partial charge in [0.15, 0.2) is 5.78 Å². The van der Waals surface area contributed by atoms with Gasteiger partial charge in [-0.1, -0.05) is 29.8 Å². The number of carbonyl (C=O) groups excluding carboxylic acids is 1. The van der Waals surface area contributed by atoms with Gasteiger partial charge in [0, 0.05) is 35.1 Å². The lowest BCUT2D eigenvalue weighted by molar-refractivity contribution is -0.117. The van der Waals surface area contributed by atoms with Crippen LogP contribution >= 0.6 is 11.6 Å². The molecule has 0 radical (unpaired) electrons. The number of benzene rings is 2. The third-order valence-electron chi connectivity index (χ3n) is 8.24. The molecule has 1 aromatic heterocycles. The predicted octanol–water partition coefficient (Wildman–Crippen LogP) is 6.88. The second-order valence-electron chi connectivity index (χ2n) is 11.0. The van der Waals surface area contributed by atoms with Gasteiger partial charge in [-0.3, -0.25) is 4.79 Å². The van der Waals surface area contributed by atoms with Gasteiger partial charge in [0.05, 0.1) is 35.1 Å². The number of Topliss-reactive ketones (excluding diaryl/α,β-unsaturated/α-hetero) is 1. The third-order valence-corrected chi connectivity index (χ3v) is 8.56. The molecule has 6 nitrogen and oxygen atoms in total. The highest BCUT2D eigenvalue weighted by Gasteiger charge is 2.38. The predicted molar refractivity (Wildman–Crippen MR) is 151 cm³/mol. The van der Waals surface area contributed by atoms with Crippen molar-refractivity contribution in [1.82, 2.24) is 4.57 Å². The molecule has 2 saturated carbocycles. The largest absolute Gasteiger partial charge is 0.478 e. The normalized spacial score (nSPS) is 21.9. The minimum Gasteiger partial charge on any atom is -0.478 e. The number of carboxylic acid groups (broad SMARTS) is 1. The molecule has 0 aliphatic heterocycles. The van der Waals surface area contributed by atoms with Crippen molar-refractivity contribution in [3.63, 3.8) is 0 Å². The number of ketones is 1. The molecule has 0 saturated heterocycles. The van der Waals surface area contributed by atoms with Gasteiger partial charge in [-0.05, 0) is 75.1 Å². The zero-order valence-corrected chi connectivity index (χ0v) is 23.1.